The maximum Gasteiger partial charge on any atom is 0.323 e. The van der Waals surface area contributed by atoms with Gasteiger partial charge < -0.3 is 10.4 Å². The van der Waals surface area contributed by atoms with Crippen LogP contribution in [-0.2, 0) is 4.79 Å². The van der Waals surface area contributed by atoms with Crippen molar-refractivity contribution < 1.29 is 9.90 Å². The number of hydrogen-bond acceptors (Lipinski definition) is 3. The average Bonchev–Trinajstić information content (AvgIpc) is 2.15. The molecule has 4 heteroatoms. The van der Waals surface area contributed by atoms with Crippen LogP contribution in [0.2, 0.25) is 0 Å². The van der Waals surface area contributed by atoms with Crippen LogP contribution in [0.1, 0.15) is 33.6 Å². The van der Waals surface area contributed by atoms with Gasteiger partial charge in [0.1, 0.15) is 5.54 Å². The summed E-state index contributed by atoms with van der Waals surface area (Å²) < 4.78 is 0. The van der Waals surface area contributed by atoms with E-state index < -0.39 is 11.5 Å². The van der Waals surface area contributed by atoms with Gasteiger partial charge in [-0.25, -0.2) is 0 Å². The van der Waals surface area contributed by atoms with Crippen LogP contribution in [0.25, 0.3) is 0 Å². The quantitative estimate of drug-likeness (QED) is 0.613. The first-order valence-corrected chi connectivity index (χ1v) is 6.28. The lowest BCUT2D eigenvalue weighted by molar-refractivity contribution is -0.144. The Kier molecular flexibility index (Phi) is 7.01. The lowest BCUT2D eigenvalue weighted by Gasteiger charge is -2.25. The molecule has 0 amide bonds. The molecule has 0 saturated heterocycles. The van der Waals surface area contributed by atoms with Crippen molar-refractivity contribution in [2.24, 2.45) is 0 Å². The summed E-state index contributed by atoms with van der Waals surface area (Å²) in [7, 11) is 0. The van der Waals surface area contributed by atoms with Crippen molar-refractivity contribution in [2.45, 2.75) is 39.2 Å². The fourth-order valence-corrected chi connectivity index (χ4v) is 1.93. The fourth-order valence-electron chi connectivity index (χ4n) is 1.09. The van der Waals surface area contributed by atoms with E-state index in [9.17, 15) is 4.79 Å². The van der Waals surface area contributed by atoms with Crippen molar-refractivity contribution in [3.63, 3.8) is 0 Å². The third-order valence-electron chi connectivity index (χ3n) is 2.19. The zero-order valence-electron chi connectivity index (χ0n) is 9.30. The van der Waals surface area contributed by atoms with Crippen LogP contribution in [0, 0.1) is 0 Å². The van der Waals surface area contributed by atoms with Crippen molar-refractivity contribution in [3.05, 3.63) is 0 Å². The highest BCUT2D eigenvalue weighted by atomic mass is 32.2. The average molecular weight is 219 g/mol. The Balaban J connectivity index is 4.03. The second-order valence-electron chi connectivity index (χ2n) is 3.51. The Morgan fingerprint density at radius 2 is 2.14 bits per heavy atom. The summed E-state index contributed by atoms with van der Waals surface area (Å²) in [5.74, 6) is 1.20. The topological polar surface area (TPSA) is 49.3 Å². The number of nitrogens with one attached hydrogen (secondary N) is 1. The highest BCUT2D eigenvalue weighted by Crippen LogP contribution is 2.14. The Bertz CT molecular complexity index is 176. The van der Waals surface area contributed by atoms with Crippen molar-refractivity contribution in [1.82, 2.24) is 5.32 Å². The molecule has 1 atom stereocenters. The zero-order chi connectivity index (χ0) is 11.0. The molecule has 0 bridgehead atoms. The number of carboxylic acid groups (broad SMARTS) is 1. The summed E-state index contributed by atoms with van der Waals surface area (Å²) in [5, 5.41) is 12.2. The minimum atomic E-state index is -0.752. The van der Waals surface area contributed by atoms with Crippen molar-refractivity contribution in [2.75, 3.05) is 18.1 Å². The molecule has 0 spiro atoms. The van der Waals surface area contributed by atoms with E-state index in [0.717, 1.165) is 24.5 Å². The molecule has 2 N–H and O–H groups in total. The molecule has 84 valence electrons. The molecule has 0 fully saturated rings. The largest absolute Gasteiger partial charge is 0.480 e. The number of thioether (sulfide) groups is 1. The lowest BCUT2D eigenvalue weighted by Crippen LogP contribution is -2.50. The van der Waals surface area contributed by atoms with E-state index in [2.05, 4.69) is 12.2 Å². The van der Waals surface area contributed by atoms with Crippen molar-refractivity contribution >= 4 is 17.7 Å². The molecule has 0 aliphatic heterocycles. The van der Waals surface area contributed by atoms with E-state index in [4.69, 9.17) is 5.11 Å². The third-order valence-corrected chi connectivity index (χ3v) is 3.09. The predicted molar refractivity (Wildman–Crippen MR) is 62.0 cm³/mol. The molecule has 1 unspecified atom stereocenters. The second kappa shape index (κ2) is 7.12. The Labute approximate surface area is 90.7 Å². The number of rotatable bonds is 8. The van der Waals surface area contributed by atoms with Gasteiger partial charge in [-0.15, -0.1) is 0 Å². The zero-order valence-corrected chi connectivity index (χ0v) is 10.1. The maximum atomic E-state index is 11.0. The fraction of sp³-hybridized carbons (Fsp3) is 0.900. The minimum Gasteiger partial charge on any atom is -0.480 e. The number of carbonyl (C=O) groups is 1. The highest BCUT2D eigenvalue weighted by molar-refractivity contribution is 7.99. The van der Waals surface area contributed by atoms with E-state index in [1.165, 1.54) is 0 Å². The number of carboxylic acids is 1. The van der Waals surface area contributed by atoms with Crippen molar-refractivity contribution in [1.29, 1.82) is 0 Å². The molecular formula is C10H21NO2S. The first kappa shape index (κ1) is 13.8. The maximum absolute atomic E-state index is 11.0. The summed E-state index contributed by atoms with van der Waals surface area (Å²) in [6.45, 7) is 6.65. The monoisotopic (exact) mass is 219 g/mol. The third kappa shape index (κ3) is 4.86. The van der Waals surface area contributed by atoms with Crippen LogP contribution in [-0.4, -0.2) is 34.7 Å². The lowest BCUT2D eigenvalue weighted by atomic mass is 9.99. The van der Waals surface area contributed by atoms with Gasteiger partial charge in [-0.05, 0) is 37.8 Å². The van der Waals surface area contributed by atoms with E-state index in [1.807, 2.05) is 6.92 Å². The first-order valence-electron chi connectivity index (χ1n) is 5.13. The van der Waals surface area contributed by atoms with E-state index in [0.29, 0.717) is 6.42 Å². The van der Waals surface area contributed by atoms with Gasteiger partial charge in [0.15, 0.2) is 0 Å². The number of hydrogen-bond donors (Lipinski definition) is 2. The molecular weight excluding hydrogens is 198 g/mol. The summed E-state index contributed by atoms with van der Waals surface area (Å²) in [5.41, 5.74) is -0.752. The van der Waals surface area contributed by atoms with Gasteiger partial charge in [0.25, 0.3) is 0 Å². The van der Waals surface area contributed by atoms with Gasteiger partial charge in [-0.1, -0.05) is 13.8 Å². The molecule has 3 nitrogen and oxygen atoms in total. The van der Waals surface area contributed by atoms with Gasteiger partial charge in [0.2, 0.25) is 0 Å². The summed E-state index contributed by atoms with van der Waals surface area (Å²) in [6, 6.07) is 0. The van der Waals surface area contributed by atoms with Gasteiger partial charge >= 0.3 is 5.97 Å². The standard InChI is InChI=1S/C10H21NO2S/c1-4-7-11-10(3,9(12)13)6-8-14-5-2/h11H,4-8H2,1-3H3,(H,12,13). The van der Waals surface area contributed by atoms with Crippen LogP contribution in [0.3, 0.4) is 0 Å². The van der Waals surface area contributed by atoms with Crippen molar-refractivity contribution in [3.8, 4) is 0 Å². The molecule has 0 aromatic heterocycles. The molecule has 14 heavy (non-hydrogen) atoms. The van der Waals surface area contributed by atoms with E-state index in [-0.39, 0.29) is 0 Å². The van der Waals surface area contributed by atoms with E-state index in [1.54, 1.807) is 18.7 Å². The molecule has 0 aliphatic rings. The second-order valence-corrected chi connectivity index (χ2v) is 4.90. The highest BCUT2D eigenvalue weighted by Gasteiger charge is 2.31. The van der Waals surface area contributed by atoms with Crippen LogP contribution in [0.4, 0.5) is 0 Å². The van der Waals surface area contributed by atoms with E-state index >= 15 is 0 Å². The molecule has 0 aromatic carbocycles. The number of aliphatic carboxylic acids is 1. The summed E-state index contributed by atoms with van der Waals surface area (Å²) in [4.78, 5) is 11.0. The molecule has 0 aromatic rings. The normalized spacial score (nSPS) is 15.1. The minimum absolute atomic E-state index is 0.681. The van der Waals surface area contributed by atoms with Crippen LogP contribution >= 0.6 is 11.8 Å². The molecule has 0 rings (SSSR count). The van der Waals surface area contributed by atoms with Gasteiger partial charge in [0.05, 0.1) is 0 Å². The summed E-state index contributed by atoms with van der Waals surface area (Å²) >= 11 is 1.78. The first-order chi connectivity index (χ1) is 6.56. The summed E-state index contributed by atoms with van der Waals surface area (Å²) in [6.07, 6.45) is 1.64. The van der Waals surface area contributed by atoms with Crippen LogP contribution < -0.4 is 5.32 Å². The van der Waals surface area contributed by atoms with Gasteiger partial charge in [-0.3, -0.25) is 4.79 Å². The smallest absolute Gasteiger partial charge is 0.323 e. The Morgan fingerprint density at radius 1 is 1.50 bits per heavy atom. The van der Waals surface area contributed by atoms with Gasteiger partial charge in [-0.2, -0.15) is 11.8 Å². The van der Waals surface area contributed by atoms with Crippen LogP contribution in [0.5, 0.6) is 0 Å². The molecule has 0 heterocycles. The molecule has 0 aliphatic carbocycles. The van der Waals surface area contributed by atoms with Gasteiger partial charge in [0, 0.05) is 0 Å². The molecule has 0 radical (unpaired) electrons. The Morgan fingerprint density at radius 3 is 2.57 bits per heavy atom. The van der Waals surface area contributed by atoms with Crippen LogP contribution in [0.15, 0.2) is 0 Å². The Hall–Kier alpha value is -0.220. The predicted octanol–water partition coefficient (Wildman–Crippen LogP) is 1.97. The SMILES string of the molecule is CCCNC(C)(CCSCC)C(=O)O. The molecule has 0 saturated carbocycles.